The van der Waals surface area contributed by atoms with Crippen LogP contribution >= 0.6 is 0 Å². The van der Waals surface area contributed by atoms with Crippen molar-refractivity contribution < 1.29 is 18.3 Å². The number of halogens is 2. The molecular weight excluding hydrogens is 266 g/mol. The van der Waals surface area contributed by atoms with Crippen LogP contribution in [0, 0.1) is 0 Å². The Hall–Kier alpha value is -2.24. The second-order valence-electron chi connectivity index (χ2n) is 3.99. The van der Waals surface area contributed by atoms with Gasteiger partial charge in [-0.25, -0.2) is 9.97 Å². The van der Waals surface area contributed by atoms with Crippen LogP contribution in [0.3, 0.4) is 0 Å². The smallest absolute Gasteiger partial charge is 0.387 e. The van der Waals surface area contributed by atoms with Crippen LogP contribution < -0.4 is 9.47 Å². The Kier molecular flexibility index (Phi) is 4.81. The second kappa shape index (κ2) is 6.79. The topological polar surface area (TPSA) is 44.2 Å². The van der Waals surface area contributed by atoms with Crippen LogP contribution in [0.2, 0.25) is 0 Å². The summed E-state index contributed by atoms with van der Waals surface area (Å²) < 4.78 is 33.7. The fourth-order valence-electron chi connectivity index (χ4n) is 1.55. The van der Waals surface area contributed by atoms with Crippen LogP contribution in [0.25, 0.3) is 11.4 Å². The zero-order valence-corrected chi connectivity index (χ0v) is 10.9. The Morgan fingerprint density at radius 3 is 2.25 bits per heavy atom. The van der Waals surface area contributed by atoms with Gasteiger partial charge in [0.05, 0.1) is 19.0 Å². The van der Waals surface area contributed by atoms with Crippen LogP contribution in [0.4, 0.5) is 8.78 Å². The first kappa shape index (κ1) is 14.2. The van der Waals surface area contributed by atoms with E-state index in [0.717, 1.165) is 6.42 Å². The molecule has 2 rings (SSSR count). The second-order valence-corrected chi connectivity index (χ2v) is 3.99. The van der Waals surface area contributed by atoms with Crippen molar-refractivity contribution in [3.8, 4) is 22.9 Å². The van der Waals surface area contributed by atoms with Gasteiger partial charge in [-0.3, -0.25) is 0 Å². The molecular formula is C14H14F2N2O2. The molecule has 0 saturated heterocycles. The minimum atomic E-state index is -2.83. The number of hydrogen-bond acceptors (Lipinski definition) is 4. The van der Waals surface area contributed by atoms with E-state index in [4.69, 9.17) is 4.74 Å². The summed E-state index contributed by atoms with van der Waals surface area (Å²) in [4.78, 5) is 8.33. The van der Waals surface area contributed by atoms with Gasteiger partial charge < -0.3 is 9.47 Å². The molecule has 4 nitrogen and oxygen atoms in total. The molecule has 0 N–H and O–H groups in total. The minimum absolute atomic E-state index is 0.103. The molecule has 0 spiro atoms. The van der Waals surface area contributed by atoms with Crippen LogP contribution in [0.1, 0.15) is 13.3 Å². The molecule has 0 aliphatic rings. The zero-order valence-electron chi connectivity index (χ0n) is 10.9. The lowest BCUT2D eigenvalue weighted by Gasteiger charge is -2.06. The van der Waals surface area contributed by atoms with Gasteiger partial charge in [0.1, 0.15) is 5.75 Å². The van der Waals surface area contributed by atoms with E-state index in [1.807, 2.05) is 6.92 Å². The van der Waals surface area contributed by atoms with Crippen molar-refractivity contribution in [3.63, 3.8) is 0 Å². The summed E-state index contributed by atoms with van der Waals surface area (Å²) >= 11 is 0. The van der Waals surface area contributed by atoms with Gasteiger partial charge in [-0.05, 0) is 30.7 Å². The van der Waals surface area contributed by atoms with Crippen LogP contribution in [0.15, 0.2) is 36.7 Å². The first-order valence-corrected chi connectivity index (χ1v) is 6.19. The molecule has 20 heavy (non-hydrogen) atoms. The van der Waals surface area contributed by atoms with Crippen molar-refractivity contribution in [2.45, 2.75) is 20.0 Å². The summed E-state index contributed by atoms with van der Waals surface area (Å²) in [6.07, 6.45) is 4.08. The van der Waals surface area contributed by atoms with E-state index in [0.29, 0.717) is 23.7 Å². The maximum absolute atomic E-state index is 12.0. The first-order valence-electron chi connectivity index (χ1n) is 6.19. The molecule has 0 fully saturated rings. The van der Waals surface area contributed by atoms with Crippen LogP contribution in [0.5, 0.6) is 11.5 Å². The molecule has 1 heterocycles. The van der Waals surface area contributed by atoms with Gasteiger partial charge in [-0.1, -0.05) is 6.92 Å². The molecule has 0 aliphatic heterocycles. The van der Waals surface area contributed by atoms with Crippen molar-refractivity contribution in [1.82, 2.24) is 9.97 Å². The summed E-state index contributed by atoms with van der Waals surface area (Å²) in [5.41, 5.74) is 0.716. The quantitative estimate of drug-likeness (QED) is 0.812. The SMILES string of the molecule is CCCOc1cnc(-c2ccc(OC(F)F)cc2)nc1. The van der Waals surface area contributed by atoms with Gasteiger partial charge in [0.2, 0.25) is 0 Å². The number of aromatic nitrogens is 2. The molecule has 0 bridgehead atoms. The van der Waals surface area contributed by atoms with Crippen LogP contribution in [-0.4, -0.2) is 23.2 Å². The highest BCUT2D eigenvalue weighted by atomic mass is 19.3. The van der Waals surface area contributed by atoms with E-state index in [-0.39, 0.29) is 5.75 Å². The van der Waals surface area contributed by atoms with Gasteiger partial charge in [0, 0.05) is 5.56 Å². The lowest BCUT2D eigenvalue weighted by atomic mass is 10.2. The molecule has 0 saturated carbocycles. The zero-order chi connectivity index (χ0) is 14.4. The number of rotatable bonds is 6. The Morgan fingerprint density at radius 2 is 1.70 bits per heavy atom. The number of ether oxygens (including phenoxy) is 2. The number of alkyl halides is 2. The molecule has 1 aromatic heterocycles. The van der Waals surface area contributed by atoms with Gasteiger partial charge in [0.15, 0.2) is 11.6 Å². The molecule has 106 valence electrons. The summed E-state index contributed by atoms with van der Waals surface area (Å²) in [6, 6.07) is 6.15. The van der Waals surface area contributed by atoms with Crippen molar-refractivity contribution in [1.29, 1.82) is 0 Å². The molecule has 1 aromatic carbocycles. The molecule has 0 aliphatic carbocycles. The largest absolute Gasteiger partial charge is 0.490 e. The molecule has 2 aromatic rings. The average Bonchev–Trinajstić information content (AvgIpc) is 2.46. The fraction of sp³-hybridized carbons (Fsp3) is 0.286. The lowest BCUT2D eigenvalue weighted by Crippen LogP contribution is -2.01. The molecule has 0 unspecified atom stereocenters. The van der Waals surface area contributed by atoms with Gasteiger partial charge in [-0.15, -0.1) is 0 Å². The fourth-order valence-corrected chi connectivity index (χ4v) is 1.55. The monoisotopic (exact) mass is 280 g/mol. The van der Waals surface area contributed by atoms with E-state index in [1.54, 1.807) is 24.5 Å². The van der Waals surface area contributed by atoms with E-state index in [9.17, 15) is 8.78 Å². The van der Waals surface area contributed by atoms with E-state index < -0.39 is 6.61 Å². The average molecular weight is 280 g/mol. The highest BCUT2D eigenvalue weighted by Crippen LogP contribution is 2.21. The minimum Gasteiger partial charge on any atom is -0.490 e. The Bertz CT molecular complexity index is 530. The Labute approximate surface area is 115 Å². The third-order valence-electron chi connectivity index (χ3n) is 2.44. The normalized spacial score (nSPS) is 10.6. The predicted molar refractivity (Wildman–Crippen MR) is 69.9 cm³/mol. The first-order chi connectivity index (χ1) is 9.69. The van der Waals surface area contributed by atoms with Crippen LogP contribution in [-0.2, 0) is 0 Å². The number of nitrogens with zero attached hydrogens (tertiary/aromatic N) is 2. The summed E-state index contributed by atoms with van der Waals surface area (Å²) in [6.45, 7) is -0.201. The summed E-state index contributed by atoms with van der Waals surface area (Å²) in [5.74, 6) is 1.21. The van der Waals surface area contributed by atoms with E-state index in [1.165, 1.54) is 12.1 Å². The van der Waals surface area contributed by atoms with Crippen molar-refractivity contribution >= 4 is 0 Å². The Morgan fingerprint density at radius 1 is 1.05 bits per heavy atom. The molecule has 0 amide bonds. The molecule has 0 atom stereocenters. The summed E-state index contributed by atoms with van der Waals surface area (Å²) in [7, 11) is 0. The number of hydrogen-bond donors (Lipinski definition) is 0. The Balaban J connectivity index is 2.07. The van der Waals surface area contributed by atoms with E-state index in [2.05, 4.69) is 14.7 Å². The van der Waals surface area contributed by atoms with Crippen molar-refractivity contribution in [3.05, 3.63) is 36.7 Å². The molecule has 0 radical (unpaired) electrons. The maximum atomic E-state index is 12.0. The third kappa shape index (κ3) is 3.88. The number of benzene rings is 1. The maximum Gasteiger partial charge on any atom is 0.387 e. The van der Waals surface area contributed by atoms with E-state index >= 15 is 0 Å². The predicted octanol–water partition coefficient (Wildman–Crippen LogP) is 3.53. The standard InChI is InChI=1S/C14H14F2N2O2/c1-2-7-19-12-8-17-13(18-9-12)10-3-5-11(6-4-10)20-14(15)16/h3-6,8-9,14H,2,7H2,1H3. The summed E-state index contributed by atoms with van der Waals surface area (Å²) in [5, 5.41) is 0. The molecule has 6 heteroatoms. The third-order valence-corrected chi connectivity index (χ3v) is 2.44. The van der Waals surface area contributed by atoms with Gasteiger partial charge >= 0.3 is 6.61 Å². The van der Waals surface area contributed by atoms with Gasteiger partial charge in [-0.2, -0.15) is 8.78 Å². The van der Waals surface area contributed by atoms with Gasteiger partial charge in [0.25, 0.3) is 0 Å². The van der Waals surface area contributed by atoms with Crippen molar-refractivity contribution in [2.24, 2.45) is 0 Å². The highest BCUT2D eigenvalue weighted by Gasteiger charge is 2.06. The van der Waals surface area contributed by atoms with Crippen molar-refractivity contribution in [2.75, 3.05) is 6.61 Å². The highest BCUT2D eigenvalue weighted by molar-refractivity contribution is 5.56. The lowest BCUT2D eigenvalue weighted by molar-refractivity contribution is -0.0498.